The summed E-state index contributed by atoms with van der Waals surface area (Å²) in [6.45, 7) is 5.76. The van der Waals surface area contributed by atoms with Gasteiger partial charge in [0.15, 0.2) is 0 Å². The van der Waals surface area contributed by atoms with Crippen molar-refractivity contribution < 1.29 is 5.11 Å². The third kappa shape index (κ3) is 4.10. The van der Waals surface area contributed by atoms with Crippen molar-refractivity contribution in [1.82, 2.24) is 9.97 Å². The number of hydrazone groups is 1. The van der Waals surface area contributed by atoms with Crippen molar-refractivity contribution in [3.8, 4) is 0 Å². The molecule has 5 heteroatoms. The molecule has 0 bridgehead atoms. The molecule has 0 saturated heterocycles. The van der Waals surface area contributed by atoms with E-state index in [2.05, 4.69) is 27.4 Å². The fourth-order valence-electron chi connectivity index (χ4n) is 2.02. The first kappa shape index (κ1) is 15.1. The summed E-state index contributed by atoms with van der Waals surface area (Å²) in [5, 5.41) is 13.7. The highest BCUT2D eigenvalue weighted by atomic mass is 16.3. The highest BCUT2D eigenvalue weighted by molar-refractivity contribution is 6.01. The van der Waals surface area contributed by atoms with Crippen LogP contribution in [0.1, 0.15) is 29.4 Å². The number of aromatic nitrogens is 2. The molecule has 21 heavy (non-hydrogen) atoms. The van der Waals surface area contributed by atoms with Crippen LogP contribution in [0.5, 0.6) is 0 Å². The molecule has 110 valence electrons. The van der Waals surface area contributed by atoms with E-state index in [1.165, 1.54) is 5.56 Å². The molecular formula is C16H20N4O. The van der Waals surface area contributed by atoms with E-state index >= 15 is 0 Å². The molecule has 1 aromatic carbocycles. The van der Waals surface area contributed by atoms with Crippen LogP contribution in [0, 0.1) is 13.8 Å². The molecule has 1 aromatic heterocycles. The molecule has 0 aliphatic carbocycles. The van der Waals surface area contributed by atoms with Crippen LogP contribution in [0.3, 0.4) is 0 Å². The van der Waals surface area contributed by atoms with Gasteiger partial charge in [-0.1, -0.05) is 31.2 Å². The average Bonchev–Trinajstić information content (AvgIpc) is 2.47. The Kier molecular flexibility index (Phi) is 5.00. The molecule has 0 unspecified atom stereocenters. The van der Waals surface area contributed by atoms with Gasteiger partial charge in [-0.05, 0) is 31.9 Å². The molecule has 0 atom stereocenters. The van der Waals surface area contributed by atoms with Gasteiger partial charge in [0, 0.05) is 17.0 Å². The van der Waals surface area contributed by atoms with Gasteiger partial charge in [0.05, 0.1) is 12.3 Å². The van der Waals surface area contributed by atoms with Crippen molar-refractivity contribution in [1.29, 1.82) is 0 Å². The molecule has 0 fully saturated rings. The zero-order valence-electron chi connectivity index (χ0n) is 12.6. The molecule has 5 nitrogen and oxygen atoms in total. The lowest BCUT2D eigenvalue weighted by Crippen LogP contribution is -2.10. The fourth-order valence-corrected chi connectivity index (χ4v) is 2.02. The first-order chi connectivity index (χ1) is 10.1. The van der Waals surface area contributed by atoms with Crippen LogP contribution in [-0.2, 0) is 6.42 Å². The summed E-state index contributed by atoms with van der Waals surface area (Å²) in [6.07, 6.45) is 0.987. The number of benzene rings is 1. The monoisotopic (exact) mass is 284 g/mol. The minimum absolute atomic E-state index is 0.150. The highest BCUT2D eigenvalue weighted by Gasteiger charge is 2.04. The molecule has 2 N–H and O–H groups in total. The van der Waals surface area contributed by atoms with Gasteiger partial charge < -0.3 is 5.11 Å². The van der Waals surface area contributed by atoms with Crippen molar-refractivity contribution in [2.45, 2.75) is 27.2 Å². The number of hydrogen-bond acceptors (Lipinski definition) is 5. The Morgan fingerprint density at radius 3 is 2.29 bits per heavy atom. The smallest absolute Gasteiger partial charge is 0.243 e. The Labute approximate surface area is 124 Å². The number of hydrogen-bond donors (Lipinski definition) is 2. The van der Waals surface area contributed by atoms with Crippen LogP contribution in [0.15, 0.2) is 35.4 Å². The number of aliphatic hydroxyl groups excluding tert-OH is 1. The molecular weight excluding hydrogens is 264 g/mol. The lowest BCUT2D eigenvalue weighted by Gasteiger charge is -2.06. The Morgan fingerprint density at radius 2 is 1.76 bits per heavy atom. The third-order valence-electron chi connectivity index (χ3n) is 3.12. The summed E-state index contributed by atoms with van der Waals surface area (Å²) < 4.78 is 0. The number of nitrogens with zero attached hydrogens (tertiary/aromatic N) is 3. The van der Waals surface area contributed by atoms with Crippen LogP contribution < -0.4 is 5.43 Å². The van der Waals surface area contributed by atoms with Crippen LogP contribution in [0.4, 0.5) is 5.95 Å². The summed E-state index contributed by atoms with van der Waals surface area (Å²) >= 11 is 0. The third-order valence-corrected chi connectivity index (χ3v) is 3.12. The van der Waals surface area contributed by atoms with E-state index in [1.807, 2.05) is 44.2 Å². The minimum Gasteiger partial charge on any atom is -0.390 e. The topological polar surface area (TPSA) is 70.4 Å². The number of nitrogens with one attached hydrogen (secondary N) is 1. The summed E-state index contributed by atoms with van der Waals surface area (Å²) in [5.74, 6) is 0.434. The van der Waals surface area contributed by atoms with Gasteiger partial charge in [-0.25, -0.2) is 15.4 Å². The molecule has 0 amide bonds. The Morgan fingerprint density at radius 1 is 1.14 bits per heavy atom. The largest absolute Gasteiger partial charge is 0.390 e. The Balaban J connectivity index is 2.19. The summed E-state index contributed by atoms with van der Waals surface area (Å²) in [4.78, 5) is 8.50. The van der Waals surface area contributed by atoms with Crippen LogP contribution >= 0.6 is 0 Å². The Bertz CT molecular complexity index is 615. The highest BCUT2D eigenvalue weighted by Crippen LogP contribution is 2.08. The van der Waals surface area contributed by atoms with Gasteiger partial charge in [0.2, 0.25) is 5.95 Å². The first-order valence-corrected chi connectivity index (χ1v) is 6.97. The number of aryl methyl sites for hydroxylation is 3. The van der Waals surface area contributed by atoms with Gasteiger partial charge in [0.1, 0.15) is 0 Å². The number of anilines is 1. The number of aliphatic hydroxyl groups is 1. The summed E-state index contributed by atoms with van der Waals surface area (Å²) in [7, 11) is 0. The summed E-state index contributed by atoms with van der Waals surface area (Å²) in [5.41, 5.74) is 7.25. The van der Waals surface area contributed by atoms with Crippen LogP contribution in [-0.4, -0.2) is 27.4 Å². The number of rotatable bonds is 5. The van der Waals surface area contributed by atoms with E-state index in [1.54, 1.807) is 0 Å². The van der Waals surface area contributed by atoms with E-state index < -0.39 is 0 Å². The summed E-state index contributed by atoms with van der Waals surface area (Å²) in [6, 6.07) is 9.88. The van der Waals surface area contributed by atoms with Gasteiger partial charge in [0.25, 0.3) is 0 Å². The molecule has 0 aliphatic heterocycles. The standard InChI is InChI=1S/C16H20N4O/c1-4-13-5-7-14(8-6-13)15(10-21)19-20-16-17-11(2)9-12(3)18-16/h5-9,21H,4,10H2,1-3H3,(H,17,18,20). The van der Waals surface area contributed by atoms with Gasteiger partial charge in [-0.2, -0.15) is 5.10 Å². The van der Waals surface area contributed by atoms with Crippen molar-refractivity contribution in [3.63, 3.8) is 0 Å². The fraction of sp³-hybridized carbons (Fsp3) is 0.312. The zero-order chi connectivity index (χ0) is 15.2. The maximum absolute atomic E-state index is 9.48. The minimum atomic E-state index is -0.150. The molecule has 0 radical (unpaired) electrons. The molecule has 0 spiro atoms. The first-order valence-electron chi connectivity index (χ1n) is 6.97. The van der Waals surface area contributed by atoms with Crippen LogP contribution in [0.25, 0.3) is 0 Å². The average molecular weight is 284 g/mol. The normalized spacial score (nSPS) is 11.5. The quantitative estimate of drug-likeness (QED) is 0.653. The second-order valence-electron chi connectivity index (χ2n) is 4.85. The molecule has 2 aromatic rings. The van der Waals surface area contributed by atoms with Crippen molar-refractivity contribution in [3.05, 3.63) is 52.8 Å². The Hall–Kier alpha value is -2.27. The second kappa shape index (κ2) is 6.95. The van der Waals surface area contributed by atoms with E-state index in [-0.39, 0.29) is 6.61 Å². The van der Waals surface area contributed by atoms with Crippen molar-refractivity contribution in [2.75, 3.05) is 12.0 Å². The van der Waals surface area contributed by atoms with Gasteiger partial charge >= 0.3 is 0 Å². The predicted octanol–water partition coefficient (Wildman–Crippen LogP) is 2.46. The van der Waals surface area contributed by atoms with E-state index in [0.29, 0.717) is 11.7 Å². The van der Waals surface area contributed by atoms with Gasteiger partial charge in [-0.15, -0.1) is 0 Å². The van der Waals surface area contributed by atoms with E-state index in [4.69, 9.17) is 0 Å². The maximum atomic E-state index is 9.48. The zero-order valence-corrected chi connectivity index (χ0v) is 12.6. The second-order valence-corrected chi connectivity index (χ2v) is 4.85. The van der Waals surface area contributed by atoms with E-state index in [0.717, 1.165) is 23.4 Å². The molecule has 0 aliphatic rings. The maximum Gasteiger partial charge on any atom is 0.243 e. The molecule has 0 saturated carbocycles. The van der Waals surface area contributed by atoms with Gasteiger partial charge in [-0.3, -0.25) is 0 Å². The molecule has 1 heterocycles. The lowest BCUT2D eigenvalue weighted by molar-refractivity contribution is 0.357. The lowest BCUT2D eigenvalue weighted by atomic mass is 10.1. The predicted molar refractivity (Wildman–Crippen MR) is 84.6 cm³/mol. The van der Waals surface area contributed by atoms with Crippen molar-refractivity contribution >= 4 is 11.7 Å². The van der Waals surface area contributed by atoms with E-state index in [9.17, 15) is 5.11 Å². The SMILES string of the molecule is CCc1ccc(C(CO)=NNc2nc(C)cc(C)n2)cc1. The van der Waals surface area contributed by atoms with Crippen molar-refractivity contribution in [2.24, 2.45) is 5.10 Å². The van der Waals surface area contributed by atoms with Crippen LogP contribution in [0.2, 0.25) is 0 Å². The molecule has 2 rings (SSSR count).